The van der Waals surface area contributed by atoms with Crippen molar-refractivity contribution in [1.82, 2.24) is 4.98 Å². The fourth-order valence-electron chi connectivity index (χ4n) is 2.75. The van der Waals surface area contributed by atoms with Crippen molar-refractivity contribution in [2.75, 3.05) is 5.32 Å². The number of hydrogen-bond donors (Lipinski definition) is 1. The number of aromatic nitrogens is 1. The molecule has 0 radical (unpaired) electrons. The Balaban J connectivity index is 1.58. The van der Waals surface area contributed by atoms with Gasteiger partial charge in [0.1, 0.15) is 4.88 Å². The van der Waals surface area contributed by atoms with Gasteiger partial charge < -0.3 is 0 Å². The number of amides is 1. The molecule has 0 aliphatic heterocycles. The first-order chi connectivity index (χ1) is 13.1. The largest absolute Gasteiger partial charge is 0.297 e. The van der Waals surface area contributed by atoms with Crippen LogP contribution in [0.1, 0.15) is 22.2 Å². The molecule has 0 saturated carbocycles. The molecule has 0 spiro atoms. The molecule has 0 aliphatic rings. The number of thiazole rings is 1. The maximum Gasteiger partial charge on any atom is 0.269 e. The van der Waals surface area contributed by atoms with Gasteiger partial charge >= 0.3 is 0 Å². The second-order valence-corrected chi connectivity index (χ2v) is 8.60. The van der Waals surface area contributed by atoms with Crippen molar-refractivity contribution in [2.24, 2.45) is 0 Å². The van der Waals surface area contributed by atoms with Crippen LogP contribution in [0, 0.1) is 0 Å². The summed E-state index contributed by atoms with van der Waals surface area (Å²) < 4.78 is 0.883. The number of benzene rings is 2. The number of fused-ring (bicyclic) bond motifs is 1. The van der Waals surface area contributed by atoms with Crippen LogP contribution in [-0.4, -0.2) is 10.9 Å². The molecule has 2 aromatic carbocycles. The van der Waals surface area contributed by atoms with Crippen molar-refractivity contribution >= 4 is 67.0 Å². The first kappa shape index (κ1) is 18.4. The summed E-state index contributed by atoms with van der Waals surface area (Å²) in [6.45, 7) is 2.12. The smallest absolute Gasteiger partial charge is 0.269 e. The molecule has 4 rings (SSSR count). The Morgan fingerprint density at radius 1 is 1.15 bits per heavy atom. The van der Waals surface area contributed by atoms with Crippen LogP contribution in [-0.2, 0) is 6.42 Å². The van der Waals surface area contributed by atoms with Crippen LogP contribution in [0.3, 0.4) is 0 Å². The maximum atomic E-state index is 12.7. The van der Waals surface area contributed by atoms with Gasteiger partial charge in [-0.2, -0.15) is 0 Å². The second-order valence-electron chi connectivity index (χ2n) is 5.90. The molecule has 27 heavy (non-hydrogen) atoms. The lowest BCUT2D eigenvalue weighted by molar-refractivity contribution is 0.103. The summed E-state index contributed by atoms with van der Waals surface area (Å²) in [5, 5.41) is 6.95. The van der Waals surface area contributed by atoms with Crippen LogP contribution in [0.4, 0.5) is 5.13 Å². The highest BCUT2D eigenvalue weighted by atomic mass is 35.5. The highest BCUT2D eigenvalue weighted by molar-refractivity contribution is 7.22. The average molecular weight is 433 g/mol. The van der Waals surface area contributed by atoms with Crippen LogP contribution in [0.2, 0.25) is 10.0 Å². The van der Waals surface area contributed by atoms with Gasteiger partial charge in [0.25, 0.3) is 5.91 Å². The van der Waals surface area contributed by atoms with Gasteiger partial charge in [0, 0.05) is 21.0 Å². The van der Waals surface area contributed by atoms with Crippen LogP contribution in [0.25, 0.3) is 21.3 Å². The number of carbonyl (C=O) groups is 1. The molecule has 2 aromatic heterocycles. The fourth-order valence-corrected chi connectivity index (χ4v) is 5.31. The van der Waals surface area contributed by atoms with E-state index in [0.29, 0.717) is 25.4 Å². The van der Waals surface area contributed by atoms with Crippen LogP contribution in [0.5, 0.6) is 0 Å². The van der Waals surface area contributed by atoms with Crippen molar-refractivity contribution in [3.8, 4) is 11.3 Å². The van der Waals surface area contributed by atoms with E-state index in [4.69, 9.17) is 23.2 Å². The zero-order valence-corrected chi connectivity index (χ0v) is 17.4. The number of hydrogen-bond acceptors (Lipinski definition) is 4. The number of rotatable bonds is 4. The Labute approximate surface area is 174 Å². The van der Waals surface area contributed by atoms with Gasteiger partial charge in [0.05, 0.1) is 15.7 Å². The third-order valence-corrected chi connectivity index (χ3v) is 6.91. The van der Waals surface area contributed by atoms with E-state index in [0.717, 1.165) is 22.4 Å². The molecule has 136 valence electrons. The molecule has 1 N–H and O–H groups in total. The molecule has 0 saturated heterocycles. The monoisotopic (exact) mass is 432 g/mol. The number of anilines is 1. The van der Waals surface area contributed by atoms with Gasteiger partial charge in [-0.05, 0) is 24.1 Å². The quantitative estimate of drug-likeness (QED) is 0.371. The predicted molar refractivity (Wildman–Crippen MR) is 117 cm³/mol. The standard InChI is InChI=1S/C20H14Cl2N2OS2/c1-2-11-6-8-12(9-7-11)14-10-26-20(23-14)24-19(25)18-17(22)16-13(21)4-3-5-15(16)27-18/h3-10H,2H2,1H3,(H,23,24,25). The van der Waals surface area contributed by atoms with Crippen molar-refractivity contribution in [3.63, 3.8) is 0 Å². The molecule has 1 amide bonds. The van der Waals surface area contributed by atoms with Crippen LogP contribution < -0.4 is 5.32 Å². The Hall–Kier alpha value is -1.92. The fraction of sp³-hybridized carbons (Fsp3) is 0.100. The van der Waals surface area contributed by atoms with E-state index in [9.17, 15) is 4.79 Å². The van der Waals surface area contributed by atoms with E-state index in [-0.39, 0.29) is 5.91 Å². The van der Waals surface area contributed by atoms with E-state index < -0.39 is 0 Å². The van der Waals surface area contributed by atoms with Crippen molar-refractivity contribution in [2.45, 2.75) is 13.3 Å². The minimum atomic E-state index is -0.278. The summed E-state index contributed by atoms with van der Waals surface area (Å²) in [4.78, 5) is 17.6. The highest BCUT2D eigenvalue weighted by Crippen LogP contribution is 2.39. The highest BCUT2D eigenvalue weighted by Gasteiger charge is 2.20. The van der Waals surface area contributed by atoms with Crippen molar-refractivity contribution in [3.05, 3.63) is 68.3 Å². The topological polar surface area (TPSA) is 42.0 Å². The van der Waals surface area contributed by atoms with Crippen LogP contribution >= 0.6 is 45.9 Å². The molecule has 2 heterocycles. The van der Waals surface area contributed by atoms with Gasteiger partial charge in [0.2, 0.25) is 0 Å². The van der Waals surface area contributed by atoms with Crippen molar-refractivity contribution in [1.29, 1.82) is 0 Å². The lowest BCUT2D eigenvalue weighted by Crippen LogP contribution is -2.10. The lowest BCUT2D eigenvalue weighted by atomic mass is 10.1. The third-order valence-electron chi connectivity index (χ3n) is 4.20. The van der Waals surface area contributed by atoms with E-state index in [2.05, 4.69) is 29.4 Å². The summed E-state index contributed by atoms with van der Waals surface area (Å²) in [6, 6.07) is 13.8. The van der Waals surface area contributed by atoms with Crippen LogP contribution in [0.15, 0.2) is 47.8 Å². The molecule has 0 bridgehead atoms. The van der Waals surface area contributed by atoms with E-state index in [1.165, 1.54) is 28.2 Å². The molecule has 0 aliphatic carbocycles. The Bertz CT molecular complexity index is 1130. The van der Waals surface area contributed by atoms with Gasteiger partial charge in [-0.25, -0.2) is 4.98 Å². The molecule has 4 aromatic rings. The minimum absolute atomic E-state index is 0.278. The zero-order valence-electron chi connectivity index (χ0n) is 14.3. The summed E-state index contributed by atoms with van der Waals surface area (Å²) >= 11 is 15.3. The predicted octanol–water partition coefficient (Wildman–Crippen LogP) is 7.15. The minimum Gasteiger partial charge on any atom is -0.297 e. The van der Waals surface area contributed by atoms with E-state index >= 15 is 0 Å². The molecular formula is C20H14Cl2N2OS2. The Morgan fingerprint density at radius 2 is 1.93 bits per heavy atom. The molecule has 7 heteroatoms. The maximum absolute atomic E-state index is 12.7. The molecule has 3 nitrogen and oxygen atoms in total. The summed E-state index contributed by atoms with van der Waals surface area (Å²) in [5.41, 5.74) is 3.14. The third kappa shape index (κ3) is 3.60. The summed E-state index contributed by atoms with van der Waals surface area (Å²) in [6.07, 6.45) is 0.999. The van der Waals surface area contributed by atoms with Gasteiger partial charge in [-0.15, -0.1) is 22.7 Å². The summed E-state index contributed by atoms with van der Waals surface area (Å²) in [5.74, 6) is -0.278. The first-order valence-electron chi connectivity index (χ1n) is 8.29. The summed E-state index contributed by atoms with van der Waals surface area (Å²) in [7, 11) is 0. The number of carbonyl (C=O) groups excluding carboxylic acids is 1. The number of halogens is 2. The normalized spacial score (nSPS) is 11.1. The number of nitrogens with zero attached hydrogens (tertiary/aromatic N) is 1. The molecule has 0 unspecified atom stereocenters. The Kier molecular flexibility index (Phi) is 5.19. The Morgan fingerprint density at radius 3 is 2.63 bits per heavy atom. The number of aryl methyl sites for hydroxylation is 1. The number of nitrogens with one attached hydrogen (secondary N) is 1. The van der Waals surface area contributed by atoms with Gasteiger partial charge in [-0.3, -0.25) is 10.1 Å². The molecule has 0 atom stereocenters. The van der Waals surface area contributed by atoms with Crippen molar-refractivity contribution < 1.29 is 4.79 Å². The molecular weight excluding hydrogens is 419 g/mol. The lowest BCUT2D eigenvalue weighted by Gasteiger charge is -2.01. The van der Waals surface area contributed by atoms with E-state index in [1.807, 2.05) is 29.6 Å². The van der Waals surface area contributed by atoms with Gasteiger partial charge in [0.15, 0.2) is 5.13 Å². The second kappa shape index (κ2) is 7.60. The average Bonchev–Trinajstić information content (AvgIpc) is 3.27. The van der Waals surface area contributed by atoms with Gasteiger partial charge in [-0.1, -0.05) is 60.5 Å². The van der Waals surface area contributed by atoms with E-state index in [1.54, 1.807) is 6.07 Å². The zero-order chi connectivity index (χ0) is 19.0. The molecule has 0 fully saturated rings. The SMILES string of the molecule is CCc1ccc(-c2csc(NC(=O)c3sc4cccc(Cl)c4c3Cl)n2)cc1. The number of thiophene rings is 1. The first-order valence-corrected chi connectivity index (χ1v) is 10.7.